The van der Waals surface area contributed by atoms with Crippen LogP contribution in [-0.4, -0.2) is 21.0 Å². The quantitative estimate of drug-likeness (QED) is 0.610. The molecule has 1 aromatic carbocycles. The second-order valence-corrected chi connectivity index (χ2v) is 5.20. The number of pyridine rings is 1. The third-order valence-corrected chi connectivity index (χ3v) is 3.70. The Bertz CT molecular complexity index is 824. The van der Waals surface area contributed by atoms with E-state index >= 15 is 0 Å². The van der Waals surface area contributed by atoms with Gasteiger partial charge in [0.25, 0.3) is 0 Å². The average molecular weight is 360 g/mol. The van der Waals surface area contributed by atoms with Gasteiger partial charge >= 0.3 is 0 Å². The average Bonchev–Trinajstić information content (AvgIpc) is 2.65. The molecular weight excluding hydrogens is 345 g/mol. The fourth-order valence-corrected chi connectivity index (χ4v) is 2.60. The zero-order valence-corrected chi connectivity index (χ0v) is 14.7. The summed E-state index contributed by atoms with van der Waals surface area (Å²) >= 11 is 12.4. The Hall–Kier alpha value is -2.30. The van der Waals surface area contributed by atoms with E-state index in [1.54, 1.807) is 18.3 Å². The van der Waals surface area contributed by atoms with Gasteiger partial charge in [-0.15, -0.1) is 10.2 Å². The van der Waals surface area contributed by atoms with Crippen molar-refractivity contribution in [2.75, 3.05) is 0 Å². The number of carbonyl (C=O) groups excluding carboxylic acids is 1. The van der Waals surface area contributed by atoms with E-state index in [0.717, 1.165) is 5.56 Å². The fraction of sp³-hybridized carbons (Fsp3) is 0.111. The highest BCUT2D eigenvalue weighted by Gasteiger charge is 2.22. The number of hydrogen-bond donors (Lipinski definition) is 0. The van der Waals surface area contributed by atoms with Gasteiger partial charge in [-0.3, -0.25) is 9.78 Å². The number of rotatable bonds is 3. The number of benzene rings is 1. The molecule has 0 spiro atoms. The molecule has 0 bridgehead atoms. The Morgan fingerprint density at radius 3 is 2.29 bits per heavy atom. The summed E-state index contributed by atoms with van der Waals surface area (Å²) < 4.78 is 0. The van der Waals surface area contributed by atoms with Crippen LogP contribution in [0.15, 0.2) is 54.9 Å². The molecule has 4 nitrogen and oxygen atoms in total. The second kappa shape index (κ2) is 8.52. The maximum Gasteiger partial charge on any atom is 0.199 e. The molecule has 122 valence electrons. The highest BCUT2D eigenvalue weighted by molar-refractivity contribution is 6.41. The first kappa shape index (κ1) is 18.0. The van der Waals surface area contributed by atoms with Gasteiger partial charge in [-0.1, -0.05) is 67.4 Å². The van der Waals surface area contributed by atoms with Crippen molar-refractivity contribution in [1.29, 1.82) is 0 Å². The molecule has 3 rings (SSSR count). The van der Waals surface area contributed by atoms with Gasteiger partial charge in [0.1, 0.15) is 5.69 Å². The number of aromatic nitrogens is 3. The molecule has 0 saturated heterocycles. The van der Waals surface area contributed by atoms with Crippen LogP contribution < -0.4 is 0 Å². The number of ketones is 1. The van der Waals surface area contributed by atoms with Crippen LogP contribution in [0.1, 0.15) is 29.8 Å². The van der Waals surface area contributed by atoms with Crippen molar-refractivity contribution < 1.29 is 4.79 Å². The SMILES string of the molecule is CC.O=C(c1cccnc1)c1c(Cl)nnc(-c2ccccc2)c1Cl. The normalized spacial score (nSPS) is 9.83. The molecule has 24 heavy (non-hydrogen) atoms. The smallest absolute Gasteiger partial charge is 0.199 e. The molecule has 0 unspecified atom stereocenters. The van der Waals surface area contributed by atoms with Crippen molar-refractivity contribution in [3.8, 4) is 11.3 Å². The van der Waals surface area contributed by atoms with Crippen LogP contribution >= 0.6 is 23.2 Å². The van der Waals surface area contributed by atoms with Crippen molar-refractivity contribution in [2.24, 2.45) is 0 Å². The van der Waals surface area contributed by atoms with Gasteiger partial charge in [-0.2, -0.15) is 0 Å². The molecule has 0 amide bonds. The fourth-order valence-electron chi connectivity index (χ4n) is 2.01. The highest BCUT2D eigenvalue weighted by atomic mass is 35.5. The highest BCUT2D eigenvalue weighted by Crippen LogP contribution is 2.32. The molecule has 2 heterocycles. The van der Waals surface area contributed by atoms with E-state index in [0.29, 0.717) is 11.3 Å². The molecule has 0 aliphatic rings. The van der Waals surface area contributed by atoms with Crippen LogP contribution in [0.4, 0.5) is 0 Å². The van der Waals surface area contributed by atoms with Crippen molar-refractivity contribution in [2.45, 2.75) is 13.8 Å². The molecule has 0 saturated carbocycles. The summed E-state index contributed by atoms with van der Waals surface area (Å²) in [7, 11) is 0. The summed E-state index contributed by atoms with van der Waals surface area (Å²) in [6.07, 6.45) is 3.04. The van der Waals surface area contributed by atoms with Gasteiger partial charge in [0.15, 0.2) is 10.9 Å². The van der Waals surface area contributed by atoms with Crippen molar-refractivity contribution in [3.63, 3.8) is 0 Å². The Labute approximate surface area is 150 Å². The van der Waals surface area contributed by atoms with E-state index < -0.39 is 0 Å². The van der Waals surface area contributed by atoms with Gasteiger partial charge in [0, 0.05) is 23.5 Å². The summed E-state index contributed by atoms with van der Waals surface area (Å²) in [4.78, 5) is 16.5. The number of nitrogens with zero attached hydrogens (tertiary/aromatic N) is 3. The van der Waals surface area contributed by atoms with Crippen LogP contribution in [-0.2, 0) is 0 Å². The first-order valence-corrected chi connectivity index (χ1v) is 8.16. The first-order valence-electron chi connectivity index (χ1n) is 7.40. The number of carbonyl (C=O) groups is 1. The molecule has 0 atom stereocenters. The number of hydrogen-bond acceptors (Lipinski definition) is 4. The van der Waals surface area contributed by atoms with E-state index in [9.17, 15) is 4.79 Å². The molecule has 0 radical (unpaired) electrons. The molecule has 3 aromatic rings. The Morgan fingerprint density at radius 1 is 0.958 bits per heavy atom. The summed E-state index contributed by atoms with van der Waals surface area (Å²) in [5.41, 5.74) is 1.69. The predicted molar refractivity (Wildman–Crippen MR) is 96.5 cm³/mol. The maximum atomic E-state index is 12.6. The minimum atomic E-state index is -0.338. The lowest BCUT2D eigenvalue weighted by molar-refractivity contribution is 0.103. The zero-order valence-electron chi connectivity index (χ0n) is 13.2. The molecule has 0 aliphatic heterocycles. The zero-order chi connectivity index (χ0) is 17.5. The Morgan fingerprint density at radius 2 is 1.67 bits per heavy atom. The van der Waals surface area contributed by atoms with Crippen molar-refractivity contribution >= 4 is 29.0 Å². The summed E-state index contributed by atoms with van der Waals surface area (Å²) in [6.45, 7) is 4.00. The lowest BCUT2D eigenvalue weighted by Gasteiger charge is -2.09. The summed E-state index contributed by atoms with van der Waals surface area (Å²) in [5, 5.41) is 8.01. The molecule has 0 fully saturated rings. The monoisotopic (exact) mass is 359 g/mol. The maximum absolute atomic E-state index is 12.6. The van der Waals surface area contributed by atoms with E-state index in [4.69, 9.17) is 23.2 Å². The van der Waals surface area contributed by atoms with Gasteiger partial charge < -0.3 is 0 Å². The van der Waals surface area contributed by atoms with Crippen LogP contribution in [0, 0.1) is 0 Å². The standard InChI is InChI=1S/C16H9Cl2N3O.C2H6/c17-13-12(15(22)11-7-4-8-19-9-11)16(18)21-20-14(13)10-5-2-1-3-6-10;1-2/h1-9H;1-2H3. The third kappa shape index (κ3) is 3.78. The minimum Gasteiger partial charge on any atom is -0.288 e. The third-order valence-electron chi connectivity index (χ3n) is 3.07. The molecular formula is C18H15Cl2N3O. The van der Waals surface area contributed by atoms with Gasteiger partial charge in [0.05, 0.1) is 10.6 Å². The molecule has 0 N–H and O–H groups in total. The van der Waals surface area contributed by atoms with Crippen LogP contribution in [0.3, 0.4) is 0 Å². The number of halogens is 2. The summed E-state index contributed by atoms with van der Waals surface area (Å²) in [6, 6.07) is 12.6. The van der Waals surface area contributed by atoms with Crippen LogP contribution in [0.5, 0.6) is 0 Å². The van der Waals surface area contributed by atoms with E-state index in [1.807, 2.05) is 44.2 Å². The minimum absolute atomic E-state index is 0.0291. The molecule has 0 aliphatic carbocycles. The van der Waals surface area contributed by atoms with E-state index in [-0.39, 0.29) is 21.5 Å². The Kier molecular flexibility index (Phi) is 6.41. The summed E-state index contributed by atoms with van der Waals surface area (Å²) in [5.74, 6) is -0.338. The van der Waals surface area contributed by atoms with Gasteiger partial charge in [-0.05, 0) is 12.1 Å². The van der Waals surface area contributed by atoms with E-state index in [1.165, 1.54) is 6.20 Å². The van der Waals surface area contributed by atoms with Crippen LogP contribution in [0.2, 0.25) is 10.2 Å². The lowest BCUT2D eigenvalue weighted by Crippen LogP contribution is -2.07. The largest absolute Gasteiger partial charge is 0.288 e. The second-order valence-electron chi connectivity index (χ2n) is 4.47. The van der Waals surface area contributed by atoms with Crippen molar-refractivity contribution in [1.82, 2.24) is 15.2 Å². The van der Waals surface area contributed by atoms with Crippen molar-refractivity contribution in [3.05, 3.63) is 76.2 Å². The molecule has 6 heteroatoms. The topological polar surface area (TPSA) is 55.7 Å². The Balaban J connectivity index is 0.00000100. The molecule has 2 aromatic heterocycles. The first-order chi connectivity index (χ1) is 11.7. The van der Waals surface area contributed by atoms with Gasteiger partial charge in [0.2, 0.25) is 0 Å². The van der Waals surface area contributed by atoms with Crippen LogP contribution in [0.25, 0.3) is 11.3 Å². The van der Waals surface area contributed by atoms with Gasteiger partial charge in [-0.25, -0.2) is 0 Å². The van der Waals surface area contributed by atoms with E-state index in [2.05, 4.69) is 15.2 Å². The lowest BCUT2D eigenvalue weighted by atomic mass is 10.0. The predicted octanol–water partition coefficient (Wildman–Crippen LogP) is 5.10.